The highest BCUT2D eigenvalue weighted by atomic mass is 35.5. The molecule has 7 rings (SSSR count). The van der Waals surface area contributed by atoms with E-state index < -0.39 is 40.7 Å². The number of hydrogen-bond acceptors (Lipinski definition) is 9. The van der Waals surface area contributed by atoms with Crippen molar-refractivity contribution in [3.8, 4) is 6.01 Å². The van der Waals surface area contributed by atoms with Crippen molar-refractivity contribution >= 4 is 29.0 Å². The van der Waals surface area contributed by atoms with Gasteiger partial charge in [0.05, 0.1) is 48.3 Å². The minimum Gasteiger partial charge on any atom is -0.467 e. The largest absolute Gasteiger partial charge is 0.467 e. The van der Waals surface area contributed by atoms with Gasteiger partial charge in [-0.2, -0.15) is 37.0 Å². The van der Waals surface area contributed by atoms with Gasteiger partial charge >= 0.3 is 12.2 Å². The fourth-order valence-electron chi connectivity index (χ4n) is 7.06. The summed E-state index contributed by atoms with van der Waals surface area (Å²) in [6, 6.07) is 2.69. The van der Waals surface area contributed by atoms with Crippen LogP contribution in [-0.2, 0) is 37.0 Å². The molecule has 0 saturated carbocycles. The highest BCUT2D eigenvalue weighted by molar-refractivity contribution is 6.31. The SMILES string of the molecule is COc1nc2c(c(N3CCCn4nc(C(=O)N(C)C)c(F)c4C3)n1)COC(c1cc(N)cc(Cl)c1C(F)(F)F)C2.FC(F)=C1CC2CCCN2C1. The van der Waals surface area contributed by atoms with Crippen LogP contribution in [0.25, 0.3) is 0 Å². The fourth-order valence-corrected chi connectivity index (χ4v) is 7.40. The maximum atomic E-state index is 15.4. The maximum absolute atomic E-state index is 15.4. The van der Waals surface area contributed by atoms with E-state index in [2.05, 4.69) is 20.0 Å². The summed E-state index contributed by atoms with van der Waals surface area (Å²) in [5.74, 6) is -0.864. The molecule has 0 bridgehead atoms. The van der Waals surface area contributed by atoms with Gasteiger partial charge in [-0.15, -0.1) is 0 Å². The van der Waals surface area contributed by atoms with Gasteiger partial charge in [-0.1, -0.05) is 11.6 Å². The molecule has 3 aromatic rings. The summed E-state index contributed by atoms with van der Waals surface area (Å²) in [6.07, 6.45) is -3.79. The number of benzene rings is 1. The molecule has 6 heterocycles. The summed E-state index contributed by atoms with van der Waals surface area (Å²) in [6.45, 7) is 2.29. The molecule has 2 saturated heterocycles. The number of hydrogen-bond donors (Lipinski definition) is 1. The lowest BCUT2D eigenvalue weighted by Crippen LogP contribution is -2.29. The van der Waals surface area contributed by atoms with Crippen LogP contribution in [0.2, 0.25) is 5.02 Å². The average molecular weight is 743 g/mol. The van der Waals surface area contributed by atoms with Gasteiger partial charge in [-0.05, 0) is 49.9 Å². The Bertz CT molecular complexity index is 1830. The number of fused-ring (bicyclic) bond motifs is 3. The molecule has 2 fully saturated rings. The quantitative estimate of drug-likeness (QED) is 0.254. The van der Waals surface area contributed by atoms with E-state index in [1.165, 1.54) is 43.3 Å². The third-order valence-corrected chi connectivity index (χ3v) is 9.79. The number of aromatic nitrogens is 4. The molecule has 0 aliphatic carbocycles. The van der Waals surface area contributed by atoms with Crippen LogP contribution in [0.15, 0.2) is 23.8 Å². The molecule has 4 aliphatic heterocycles. The standard InChI is InChI=1S/C25H26ClF4N7O3.C8H11F2N/c1-35(2)23(38)21-20(27)17-10-36(5-4-6-37(17)34-21)22-14-11-40-18(9-16(14)32-24(33-22)39-3)13-7-12(31)8-15(26)19(13)25(28,29)30;9-8(10)6-4-7-2-1-3-11(7)5-6/h7-8,18H,4-6,9-11,31H2,1-3H3;7H,1-5H2. The minimum atomic E-state index is -4.73. The average Bonchev–Trinajstić information content (AvgIpc) is 3.72. The lowest BCUT2D eigenvalue weighted by molar-refractivity contribution is -0.139. The van der Waals surface area contributed by atoms with Crippen LogP contribution in [0.4, 0.5) is 37.8 Å². The Morgan fingerprint density at radius 3 is 2.53 bits per heavy atom. The van der Waals surface area contributed by atoms with Crippen molar-refractivity contribution in [3.63, 3.8) is 0 Å². The number of rotatable bonds is 4. The first kappa shape index (κ1) is 36.7. The molecule has 11 nitrogen and oxygen atoms in total. The van der Waals surface area contributed by atoms with E-state index in [-0.39, 0.29) is 48.2 Å². The molecule has 2 atom stereocenters. The molecule has 4 aliphatic rings. The van der Waals surface area contributed by atoms with Gasteiger partial charge in [0, 0.05) is 63.0 Å². The van der Waals surface area contributed by atoms with Gasteiger partial charge in [0.1, 0.15) is 5.82 Å². The van der Waals surface area contributed by atoms with Crippen LogP contribution in [0.5, 0.6) is 6.01 Å². The fraction of sp³-hybridized carbons (Fsp3) is 0.515. The summed E-state index contributed by atoms with van der Waals surface area (Å²) in [5, 5.41) is 3.68. The van der Waals surface area contributed by atoms with Crippen LogP contribution in [-0.4, -0.2) is 82.3 Å². The van der Waals surface area contributed by atoms with Crippen molar-refractivity contribution in [2.45, 2.75) is 70.1 Å². The molecule has 1 amide bonds. The number of halogens is 7. The van der Waals surface area contributed by atoms with Crippen molar-refractivity contribution in [2.24, 2.45) is 0 Å². The lowest BCUT2D eigenvalue weighted by atomic mass is 9.94. The molecule has 0 spiro atoms. The predicted octanol–water partition coefficient (Wildman–Crippen LogP) is 6.01. The third kappa shape index (κ3) is 7.46. The van der Waals surface area contributed by atoms with Gasteiger partial charge in [-0.25, -0.2) is 4.39 Å². The molecular formula is C33H37ClF6N8O3. The zero-order valence-corrected chi connectivity index (χ0v) is 28.9. The number of carbonyl (C=O) groups excluding carboxylic acids is 1. The number of alkyl halides is 3. The number of aryl methyl sites for hydroxylation is 1. The molecule has 2 aromatic heterocycles. The summed E-state index contributed by atoms with van der Waals surface area (Å²) in [5.41, 5.74) is 5.96. The van der Waals surface area contributed by atoms with Crippen molar-refractivity contribution < 1.29 is 40.6 Å². The molecule has 1 aromatic carbocycles. The zero-order chi connectivity index (χ0) is 36.8. The Kier molecular flexibility index (Phi) is 10.4. The normalized spacial score (nSPS) is 20.2. The number of carbonyl (C=O) groups is 1. The van der Waals surface area contributed by atoms with E-state index in [4.69, 9.17) is 26.8 Å². The Hall–Kier alpha value is -4.09. The Morgan fingerprint density at radius 2 is 1.86 bits per heavy atom. The molecule has 51 heavy (non-hydrogen) atoms. The Labute approximate surface area is 294 Å². The molecule has 0 radical (unpaired) electrons. The number of methoxy groups -OCH3 is 1. The van der Waals surface area contributed by atoms with E-state index in [1.54, 1.807) is 4.90 Å². The molecule has 276 valence electrons. The second-order valence-electron chi connectivity index (χ2n) is 13.1. The number of ether oxygens (including phenoxy) is 2. The zero-order valence-electron chi connectivity index (χ0n) is 28.2. The second kappa shape index (κ2) is 14.5. The third-order valence-electron chi connectivity index (χ3n) is 9.50. The highest BCUT2D eigenvalue weighted by Crippen LogP contribution is 2.44. The van der Waals surface area contributed by atoms with Crippen molar-refractivity contribution in [2.75, 3.05) is 51.5 Å². The van der Waals surface area contributed by atoms with Gasteiger partial charge < -0.3 is 25.0 Å². The van der Waals surface area contributed by atoms with Crippen molar-refractivity contribution in [1.29, 1.82) is 0 Å². The van der Waals surface area contributed by atoms with Crippen LogP contribution >= 0.6 is 11.6 Å². The number of nitrogens with two attached hydrogens (primary N) is 1. The van der Waals surface area contributed by atoms with E-state index in [0.29, 0.717) is 61.2 Å². The molecule has 2 N–H and O–H groups in total. The monoisotopic (exact) mass is 742 g/mol. The van der Waals surface area contributed by atoms with Gasteiger partial charge in [0.25, 0.3) is 12.0 Å². The maximum Gasteiger partial charge on any atom is 0.418 e. The van der Waals surface area contributed by atoms with Gasteiger partial charge in [0.15, 0.2) is 11.5 Å². The van der Waals surface area contributed by atoms with Crippen LogP contribution in [0, 0.1) is 5.82 Å². The van der Waals surface area contributed by atoms with E-state index in [1.807, 2.05) is 0 Å². The van der Waals surface area contributed by atoms with E-state index in [0.717, 1.165) is 19.0 Å². The molecule has 18 heteroatoms. The Morgan fingerprint density at radius 1 is 1.10 bits per heavy atom. The predicted molar refractivity (Wildman–Crippen MR) is 175 cm³/mol. The molecule has 2 unspecified atom stereocenters. The number of anilines is 2. The van der Waals surface area contributed by atoms with Crippen LogP contribution in [0.3, 0.4) is 0 Å². The van der Waals surface area contributed by atoms with Crippen LogP contribution < -0.4 is 15.4 Å². The van der Waals surface area contributed by atoms with E-state index in [9.17, 15) is 26.7 Å². The van der Waals surface area contributed by atoms with Crippen molar-refractivity contribution in [3.05, 3.63) is 68.4 Å². The second-order valence-corrected chi connectivity index (χ2v) is 13.5. The minimum absolute atomic E-state index is 0.00208. The first-order valence-electron chi connectivity index (χ1n) is 16.4. The van der Waals surface area contributed by atoms with Crippen LogP contribution in [0.1, 0.15) is 70.4 Å². The lowest BCUT2D eigenvalue weighted by Gasteiger charge is -2.31. The number of nitrogen functional groups attached to an aromatic ring is 1. The topological polar surface area (TPSA) is 115 Å². The van der Waals surface area contributed by atoms with Gasteiger partial charge in [-0.3, -0.25) is 14.4 Å². The van der Waals surface area contributed by atoms with Gasteiger partial charge in [0.2, 0.25) is 0 Å². The number of amides is 1. The van der Waals surface area contributed by atoms with E-state index >= 15 is 4.39 Å². The summed E-state index contributed by atoms with van der Waals surface area (Å²) in [4.78, 5) is 26.5. The Balaban J connectivity index is 0.000000344. The van der Waals surface area contributed by atoms with Crippen molar-refractivity contribution in [1.82, 2.24) is 29.5 Å². The number of nitrogens with zero attached hydrogens (tertiary/aromatic N) is 7. The summed E-state index contributed by atoms with van der Waals surface area (Å²) < 4.78 is 94.0. The highest BCUT2D eigenvalue weighted by Gasteiger charge is 2.40. The first-order valence-corrected chi connectivity index (χ1v) is 16.7. The first-order chi connectivity index (χ1) is 24.2. The smallest absolute Gasteiger partial charge is 0.418 e. The molecular weight excluding hydrogens is 706 g/mol. The summed E-state index contributed by atoms with van der Waals surface area (Å²) >= 11 is 5.95. The summed E-state index contributed by atoms with van der Waals surface area (Å²) in [7, 11) is 4.40.